The minimum absolute atomic E-state index is 0.559. The third-order valence-corrected chi connectivity index (χ3v) is 2.70. The average molecular weight is 231 g/mol. The Balaban J connectivity index is 3.23. The summed E-state index contributed by atoms with van der Waals surface area (Å²) in [5.41, 5.74) is 2.69. The van der Waals surface area contributed by atoms with Crippen molar-refractivity contribution in [1.82, 2.24) is 4.98 Å². The zero-order valence-corrected chi connectivity index (χ0v) is 11.4. The van der Waals surface area contributed by atoms with E-state index in [0.29, 0.717) is 11.5 Å². The maximum atomic E-state index is 9.25. The van der Waals surface area contributed by atoms with Crippen molar-refractivity contribution in [3.63, 3.8) is 0 Å². The molecule has 1 aromatic heterocycles. The van der Waals surface area contributed by atoms with Crippen LogP contribution in [0.1, 0.15) is 37.6 Å². The molecular weight excluding hydrogens is 210 g/mol. The fraction of sp³-hybridized carbons (Fsp3) is 0.571. The van der Waals surface area contributed by atoms with E-state index in [-0.39, 0.29) is 0 Å². The smallest absolute Gasteiger partial charge is 0.147 e. The van der Waals surface area contributed by atoms with Crippen molar-refractivity contribution >= 4 is 5.82 Å². The molecule has 0 radical (unpaired) electrons. The van der Waals surface area contributed by atoms with Crippen LogP contribution in [-0.2, 0) is 0 Å². The molecule has 1 rings (SSSR count). The van der Waals surface area contributed by atoms with Gasteiger partial charge in [-0.1, -0.05) is 13.8 Å². The molecule has 1 aromatic rings. The molecule has 0 saturated heterocycles. The van der Waals surface area contributed by atoms with Crippen LogP contribution in [0.15, 0.2) is 6.07 Å². The first-order valence-electron chi connectivity index (χ1n) is 6.12. The summed E-state index contributed by atoms with van der Waals surface area (Å²) in [6.07, 6.45) is 0. The second kappa shape index (κ2) is 5.67. The molecule has 1 heterocycles. The Morgan fingerprint density at radius 2 is 2.06 bits per heavy atom. The maximum absolute atomic E-state index is 9.25. The molecule has 0 N–H and O–H groups in total. The van der Waals surface area contributed by atoms with Crippen LogP contribution in [0.3, 0.4) is 0 Å². The van der Waals surface area contributed by atoms with Gasteiger partial charge >= 0.3 is 0 Å². The molecule has 0 aliphatic heterocycles. The standard InChI is InChI=1S/C14H21N3/c1-6-17(9-10(2)3)14-13(8-15)11(4)7-12(5)16-14/h7,10H,6,9H2,1-5H3. The molecule has 0 fully saturated rings. The minimum atomic E-state index is 0.559. The number of hydrogen-bond acceptors (Lipinski definition) is 3. The molecule has 0 atom stereocenters. The van der Waals surface area contributed by atoms with Crippen molar-refractivity contribution in [3.8, 4) is 6.07 Å². The van der Waals surface area contributed by atoms with Crippen LogP contribution in [0.2, 0.25) is 0 Å². The molecule has 0 saturated carbocycles. The highest BCUT2D eigenvalue weighted by Gasteiger charge is 2.15. The summed E-state index contributed by atoms with van der Waals surface area (Å²) in [7, 11) is 0. The minimum Gasteiger partial charge on any atom is -0.356 e. The van der Waals surface area contributed by atoms with Crippen molar-refractivity contribution in [2.75, 3.05) is 18.0 Å². The highest BCUT2D eigenvalue weighted by atomic mass is 15.2. The monoisotopic (exact) mass is 231 g/mol. The van der Waals surface area contributed by atoms with Crippen molar-refractivity contribution in [3.05, 3.63) is 22.9 Å². The van der Waals surface area contributed by atoms with Gasteiger partial charge in [0, 0.05) is 18.8 Å². The Labute approximate surface area is 104 Å². The number of hydrogen-bond donors (Lipinski definition) is 0. The first-order valence-corrected chi connectivity index (χ1v) is 6.12. The van der Waals surface area contributed by atoms with Gasteiger partial charge in [0.2, 0.25) is 0 Å². The van der Waals surface area contributed by atoms with Crippen LogP contribution in [0, 0.1) is 31.1 Å². The van der Waals surface area contributed by atoms with Gasteiger partial charge in [-0.3, -0.25) is 0 Å². The number of aryl methyl sites for hydroxylation is 2. The van der Waals surface area contributed by atoms with Crippen LogP contribution < -0.4 is 4.90 Å². The van der Waals surface area contributed by atoms with E-state index in [1.54, 1.807) is 0 Å². The summed E-state index contributed by atoms with van der Waals surface area (Å²) < 4.78 is 0. The van der Waals surface area contributed by atoms with Gasteiger partial charge in [0.25, 0.3) is 0 Å². The van der Waals surface area contributed by atoms with Crippen molar-refractivity contribution in [2.45, 2.75) is 34.6 Å². The second-order valence-electron chi connectivity index (χ2n) is 4.82. The summed E-state index contributed by atoms with van der Waals surface area (Å²) in [5, 5.41) is 9.25. The molecule has 0 bridgehead atoms. The van der Waals surface area contributed by atoms with E-state index in [1.165, 1.54) is 0 Å². The van der Waals surface area contributed by atoms with Gasteiger partial charge < -0.3 is 4.90 Å². The van der Waals surface area contributed by atoms with Gasteiger partial charge in [0.05, 0.1) is 5.56 Å². The normalized spacial score (nSPS) is 10.4. The Kier molecular flexibility index (Phi) is 4.51. The van der Waals surface area contributed by atoms with Crippen LogP contribution in [-0.4, -0.2) is 18.1 Å². The van der Waals surface area contributed by atoms with Crippen molar-refractivity contribution in [1.29, 1.82) is 5.26 Å². The fourth-order valence-corrected chi connectivity index (χ4v) is 1.99. The predicted molar refractivity (Wildman–Crippen MR) is 71.2 cm³/mol. The van der Waals surface area contributed by atoms with Crippen molar-refractivity contribution in [2.24, 2.45) is 5.92 Å². The molecule has 0 aliphatic carbocycles. The Bertz CT molecular complexity index is 430. The number of anilines is 1. The van der Waals surface area contributed by atoms with E-state index >= 15 is 0 Å². The van der Waals surface area contributed by atoms with Gasteiger partial charge in [-0.2, -0.15) is 5.26 Å². The molecule has 92 valence electrons. The number of nitriles is 1. The zero-order valence-electron chi connectivity index (χ0n) is 11.4. The van der Waals surface area contributed by atoms with Crippen LogP contribution in [0.25, 0.3) is 0 Å². The first kappa shape index (κ1) is 13.5. The average Bonchev–Trinajstić information content (AvgIpc) is 2.24. The number of aromatic nitrogens is 1. The lowest BCUT2D eigenvalue weighted by Gasteiger charge is -2.25. The summed E-state index contributed by atoms with van der Waals surface area (Å²) in [6, 6.07) is 4.24. The summed E-state index contributed by atoms with van der Waals surface area (Å²) in [6.45, 7) is 12.2. The quantitative estimate of drug-likeness (QED) is 0.799. The number of nitrogens with zero attached hydrogens (tertiary/aromatic N) is 3. The molecule has 3 heteroatoms. The lowest BCUT2D eigenvalue weighted by molar-refractivity contribution is 0.613. The highest BCUT2D eigenvalue weighted by Crippen LogP contribution is 2.22. The maximum Gasteiger partial charge on any atom is 0.147 e. The zero-order chi connectivity index (χ0) is 13.0. The predicted octanol–water partition coefficient (Wildman–Crippen LogP) is 3.05. The van der Waals surface area contributed by atoms with Crippen molar-refractivity contribution < 1.29 is 0 Å². The third kappa shape index (κ3) is 3.20. The molecule has 0 aliphatic rings. The molecule has 17 heavy (non-hydrogen) atoms. The van der Waals surface area contributed by atoms with E-state index in [4.69, 9.17) is 0 Å². The molecule has 0 spiro atoms. The Hall–Kier alpha value is -1.56. The lowest BCUT2D eigenvalue weighted by atomic mass is 10.1. The molecule has 0 aromatic carbocycles. The van der Waals surface area contributed by atoms with E-state index in [1.807, 2.05) is 19.9 Å². The molecule has 0 amide bonds. The Morgan fingerprint density at radius 1 is 1.41 bits per heavy atom. The topological polar surface area (TPSA) is 39.9 Å². The second-order valence-corrected chi connectivity index (χ2v) is 4.82. The third-order valence-electron chi connectivity index (χ3n) is 2.70. The van der Waals surface area contributed by atoms with Gasteiger partial charge in [-0.15, -0.1) is 0 Å². The van der Waals surface area contributed by atoms with Gasteiger partial charge in [0.15, 0.2) is 0 Å². The lowest BCUT2D eigenvalue weighted by Crippen LogP contribution is -2.29. The molecular formula is C14H21N3. The Morgan fingerprint density at radius 3 is 2.53 bits per heavy atom. The van der Waals surface area contributed by atoms with Crippen LogP contribution >= 0.6 is 0 Å². The SMILES string of the molecule is CCN(CC(C)C)c1nc(C)cc(C)c1C#N. The van der Waals surface area contributed by atoms with Gasteiger partial charge in [-0.05, 0) is 38.3 Å². The first-order chi connectivity index (χ1) is 7.99. The molecule has 3 nitrogen and oxygen atoms in total. The van der Waals surface area contributed by atoms with Gasteiger partial charge in [0.1, 0.15) is 11.9 Å². The summed E-state index contributed by atoms with van der Waals surface area (Å²) >= 11 is 0. The summed E-state index contributed by atoms with van der Waals surface area (Å²) in [5.74, 6) is 1.39. The van der Waals surface area contributed by atoms with E-state index in [2.05, 4.69) is 36.7 Å². The van der Waals surface area contributed by atoms with Gasteiger partial charge in [-0.25, -0.2) is 4.98 Å². The van der Waals surface area contributed by atoms with E-state index in [9.17, 15) is 5.26 Å². The number of pyridine rings is 1. The summed E-state index contributed by atoms with van der Waals surface area (Å²) in [4.78, 5) is 6.72. The fourth-order valence-electron chi connectivity index (χ4n) is 1.99. The highest BCUT2D eigenvalue weighted by molar-refractivity contribution is 5.58. The van der Waals surface area contributed by atoms with E-state index < -0.39 is 0 Å². The number of rotatable bonds is 4. The largest absolute Gasteiger partial charge is 0.356 e. The molecule has 0 unspecified atom stereocenters. The van der Waals surface area contributed by atoms with Crippen LogP contribution in [0.5, 0.6) is 0 Å². The van der Waals surface area contributed by atoms with E-state index in [0.717, 1.165) is 30.2 Å². The van der Waals surface area contributed by atoms with Crippen LogP contribution in [0.4, 0.5) is 5.82 Å².